The summed E-state index contributed by atoms with van der Waals surface area (Å²) in [5.41, 5.74) is 0.335. The quantitative estimate of drug-likeness (QED) is 0.732. The van der Waals surface area contributed by atoms with Crippen LogP contribution in [0.5, 0.6) is 17.2 Å². The zero-order valence-corrected chi connectivity index (χ0v) is 7.57. The number of benzene rings is 1. The standard InChI is InChI=1S/C9H12O4/c1-12-8-4-3-7(11)6(5-10)9(8)13-2/h3-4,10-11H,5H2,1-2H3. The highest BCUT2D eigenvalue weighted by atomic mass is 16.5. The molecule has 1 rings (SSSR count). The molecule has 0 heterocycles. The molecule has 0 radical (unpaired) electrons. The van der Waals surface area contributed by atoms with Crippen LogP contribution in [0.2, 0.25) is 0 Å². The highest BCUT2D eigenvalue weighted by molar-refractivity contribution is 5.52. The molecule has 2 N–H and O–H groups in total. The minimum absolute atomic E-state index is 0.000139. The average Bonchev–Trinajstić information content (AvgIpc) is 2.17. The van der Waals surface area contributed by atoms with Crippen molar-refractivity contribution in [1.29, 1.82) is 0 Å². The number of aliphatic hydroxyl groups excluding tert-OH is 1. The Labute approximate surface area is 76.3 Å². The summed E-state index contributed by atoms with van der Waals surface area (Å²) in [5.74, 6) is 0.856. The van der Waals surface area contributed by atoms with Gasteiger partial charge in [0.15, 0.2) is 11.5 Å². The fourth-order valence-electron chi connectivity index (χ4n) is 1.13. The Hall–Kier alpha value is -1.42. The van der Waals surface area contributed by atoms with Crippen LogP contribution in [0, 0.1) is 0 Å². The summed E-state index contributed by atoms with van der Waals surface area (Å²) in [7, 11) is 2.95. The SMILES string of the molecule is COc1ccc(O)c(CO)c1OC. The van der Waals surface area contributed by atoms with E-state index in [-0.39, 0.29) is 12.4 Å². The van der Waals surface area contributed by atoms with E-state index < -0.39 is 0 Å². The number of rotatable bonds is 3. The zero-order chi connectivity index (χ0) is 9.84. The Bertz CT molecular complexity index is 296. The second-order valence-electron chi connectivity index (χ2n) is 2.46. The lowest BCUT2D eigenvalue weighted by molar-refractivity contribution is 0.263. The molecule has 0 atom stereocenters. The van der Waals surface area contributed by atoms with Crippen LogP contribution in [0.25, 0.3) is 0 Å². The van der Waals surface area contributed by atoms with Crippen LogP contribution in [-0.4, -0.2) is 24.4 Å². The number of aromatic hydroxyl groups is 1. The van der Waals surface area contributed by atoms with Gasteiger partial charge >= 0.3 is 0 Å². The summed E-state index contributed by atoms with van der Waals surface area (Å²) in [4.78, 5) is 0. The van der Waals surface area contributed by atoms with Crippen molar-refractivity contribution in [1.82, 2.24) is 0 Å². The lowest BCUT2D eigenvalue weighted by atomic mass is 10.1. The smallest absolute Gasteiger partial charge is 0.169 e. The van der Waals surface area contributed by atoms with E-state index in [2.05, 4.69) is 0 Å². The van der Waals surface area contributed by atoms with Crippen LogP contribution in [0.4, 0.5) is 0 Å². The molecule has 4 nitrogen and oxygen atoms in total. The molecule has 1 aromatic rings. The number of methoxy groups -OCH3 is 2. The minimum atomic E-state index is -0.286. The van der Waals surface area contributed by atoms with E-state index in [1.54, 1.807) is 6.07 Å². The predicted molar refractivity (Wildman–Crippen MR) is 47.1 cm³/mol. The third-order valence-electron chi connectivity index (χ3n) is 1.78. The van der Waals surface area contributed by atoms with Gasteiger partial charge in [0.1, 0.15) is 5.75 Å². The maximum atomic E-state index is 9.35. The molecule has 0 saturated carbocycles. The molecular weight excluding hydrogens is 172 g/mol. The number of hydrogen-bond donors (Lipinski definition) is 2. The third kappa shape index (κ3) is 1.67. The summed E-state index contributed by atoms with van der Waals surface area (Å²) in [5, 5.41) is 18.3. The first kappa shape index (κ1) is 9.67. The molecule has 0 fully saturated rings. The zero-order valence-electron chi connectivity index (χ0n) is 7.57. The molecular formula is C9H12O4. The van der Waals surface area contributed by atoms with E-state index in [0.29, 0.717) is 17.1 Å². The van der Waals surface area contributed by atoms with Gasteiger partial charge in [-0.15, -0.1) is 0 Å². The Morgan fingerprint density at radius 3 is 2.38 bits per heavy atom. The largest absolute Gasteiger partial charge is 0.507 e. The maximum absolute atomic E-state index is 9.35. The first-order valence-corrected chi connectivity index (χ1v) is 3.78. The van der Waals surface area contributed by atoms with Gasteiger partial charge in [-0.25, -0.2) is 0 Å². The van der Waals surface area contributed by atoms with Crippen molar-refractivity contribution in [2.45, 2.75) is 6.61 Å². The van der Waals surface area contributed by atoms with Crippen molar-refractivity contribution in [3.05, 3.63) is 17.7 Å². The molecule has 72 valence electrons. The Morgan fingerprint density at radius 1 is 1.23 bits per heavy atom. The van der Waals surface area contributed by atoms with Crippen molar-refractivity contribution in [2.24, 2.45) is 0 Å². The first-order chi connectivity index (χ1) is 6.24. The summed E-state index contributed by atoms with van der Waals surface area (Å²) in [6, 6.07) is 3.03. The summed E-state index contributed by atoms with van der Waals surface area (Å²) < 4.78 is 9.98. The number of aliphatic hydroxyl groups is 1. The Morgan fingerprint density at radius 2 is 1.92 bits per heavy atom. The van der Waals surface area contributed by atoms with Crippen molar-refractivity contribution in [2.75, 3.05) is 14.2 Å². The third-order valence-corrected chi connectivity index (χ3v) is 1.78. The molecule has 0 aliphatic carbocycles. The fourth-order valence-corrected chi connectivity index (χ4v) is 1.13. The van der Waals surface area contributed by atoms with Crippen molar-refractivity contribution in [3.63, 3.8) is 0 Å². The van der Waals surface area contributed by atoms with E-state index in [0.717, 1.165) is 0 Å². The van der Waals surface area contributed by atoms with Crippen molar-refractivity contribution in [3.8, 4) is 17.2 Å². The van der Waals surface area contributed by atoms with Crippen LogP contribution in [0.3, 0.4) is 0 Å². The van der Waals surface area contributed by atoms with E-state index in [1.165, 1.54) is 20.3 Å². The van der Waals surface area contributed by atoms with Crippen LogP contribution < -0.4 is 9.47 Å². The lowest BCUT2D eigenvalue weighted by Gasteiger charge is -2.11. The minimum Gasteiger partial charge on any atom is -0.507 e. The summed E-state index contributed by atoms with van der Waals surface area (Å²) in [6.07, 6.45) is 0. The number of ether oxygens (including phenoxy) is 2. The molecule has 13 heavy (non-hydrogen) atoms. The molecule has 4 heteroatoms. The van der Waals surface area contributed by atoms with Crippen LogP contribution in [0.15, 0.2) is 12.1 Å². The fraction of sp³-hybridized carbons (Fsp3) is 0.333. The monoisotopic (exact) mass is 184 g/mol. The van der Waals surface area contributed by atoms with Gasteiger partial charge < -0.3 is 19.7 Å². The molecule has 1 aromatic carbocycles. The first-order valence-electron chi connectivity index (χ1n) is 3.78. The van der Waals surface area contributed by atoms with Crippen molar-refractivity contribution >= 4 is 0 Å². The van der Waals surface area contributed by atoms with Crippen LogP contribution in [-0.2, 0) is 6.61 Å². The second-order valence-corrected chi connectivity index (χ2v) is 2.46. The second kappa shape index (κ2) is 4.00. The number of phenols is 1. The molecule has 0 aromatic heterocycles. The van der Waals surface area contributed by atoms with Gasteiger partial charge in [0, 0.05) is 0 Å². The van der Waals surface area contributed by atoms with E-state index in [9.17, 15) is 5.11 Å². The molecule has 0 aliphatic heterocycles. The number of hydrogen-bond acceptors (Lipinski definition) is 4. The average molecular weight is 184 g/mol. The van der Waals surface area contributed by atoms with Gasteiger partial charge in [0.2, 0.25) is 0 Å². The summed E-state index contributed by atoms with van der Waals surface area (Å²) >= 11 is 0. The molecule has 0 unspecified atom stereocenters. The Kier molecular flexibility index (Phi) is 2.97. The van der Waals surface area contributed by atoms with E-state index in [4.69, 9.17) is 14.6 Å². The van der Waals surface area contributed by atoms with Crippen LogP contribution >= 0.6 is 0 Å². The maximum Gasteiger partial charge on any atom is 0.169 e. The van der Waals surface area contributed by atoms with Gasteiger partial charge in [-0.2, -0.15) is 0 Å². The van der Waals surface area contributed by atoms with Gasteiger partial charge in [0.05, 0.1) is 26.4 Å². The summed E-state index contributed by atoms with van der Waals surface area (Å²) in [6.45, 7) is -0.286. The lowest BCUT2D eigenvalue weighted by Crippen LogP contribution is -1.96. The highest BCUT2D eigenvalue weighted by Gasteiger charge is 2.12. The van der Waals surface area contributed by atoms with Gasteiger partial charge in [-0.3, -0.25) is 0 Å². The van der Waals surface area contributed by atoms with Gasteiger partial charge in [0.25, 0.3) is 0 Å². The topological polar surface area (TPSA) is 58.9 Å². The van der Waals surface area contributed by atoms with Gasteiger partial charge in [-0.05, 0) is 12.1 Å². The predicted octanol–water partition coefficient (Wildman–Crippen LogP) is 0.902. The van der Waals surface area contributed by atoms with E-state index in [1.807, 2.05) is 0 Å². The van der Waals surface area contributed by atoms with Crippen molar-refractivity contribution < 1.29 is 19.7 Å². The molecule has 0 saturated heterocycles. The highest BCUT2D eigenvalue weighted by Crippen LogP contribution is 2.36. The molecule has 0 amide bonds. The molecule has 0 bridgehead atoms. The molecule has 0 aliphatic rings. The van der Waals surface area contributed by atoms with Gasteiger partial charge in [-0.1, -0.05) is 0 Å². The normalized spacial score (nSPS) is 9.77. The van der Waals surface area contributed by atoms with E-state index >= 15 is 0 Å². The Balaban J connectivity index is 3.27. The molecule has 0 spiro atoms. The van der Waals surface area contributed by atoms with Crippen LogP contribution in [0.1, 0.15) is 5.56 Å².